The molecule has 1 aromatic carbocycles. The third kappa shape index (κ3) is 4.00. The van der Waals surface area contributed by atoms with Crippen LogP contribution >= 0.6 is 0 Å². The van der Waals surface area contributed by atoms with Crippen LogP contribution in [0.1, 0.15) is 25.0 Å². The Morgan fingerprint density at radius 2 is 2.09 bits per heavy atom. The first-order valence-electron chi connectivity index (χ1n) is 7.44. The number of amides is 3. The molecule has 0 bridgehead atoms. The number of rotatable bonds is 4. The predicted molar refractivity (Wildman–Crippen MR) is 85.0 cm³/mol. The van der Waals surface area contributed by atoms with Crippen molar-refractivity contribution in [2.45, 2.75) is 32.9 Å². The number of benzene rings is 1. The van der Waals surface area contributed by atoms with Crippen molar-refractivity contribution in [3.05, 3.63) is 29.3 Å². The highest BCUT2D eigenvalue weighted by molar-refractivity contribution is 5.93. The number of fused-ring (bicyclic) bond motifs is 1. The van der Waals surface area contributed by atoms with Gasteiger partial charge in [-0.15, -0.1) is 0 Å². The number of hydrogen-bond acceptors (Lipinski definition) is 4. The Kier molecular flexibility index (Phi) is 5.20. The van der Waals surface area contributed by atoms with E-state index < -0.39 is 18.0 Å². The number of urea groups is 1. The molecule has 1 aromatic rings. The lowest BCUT2D eigenvalue weighted by Crippen LogP contribution is -2.44. The zero-order valence-corrected chi connectivity index (χ0v) is 13.5. The highest BCUT2D eigenvalue weighted by Gasteiger charge is 2.22. The van der Waals surface area contributed by atoms with Crippen LogP contribution in [0.25, 0.3) is 0 Å². The maximum atomic E-state index is 11.7. The van der Waals surface area contributed by atoms with Crippen LogP contribution in [-0.2, 0) is 27.3 Å². The zero-order valence-electron chi connectivity index (χ0n) is 13.5. The molecule has 2 rings (SSSR count). The molecule has 23 heavy (non-hydrogen) atoms. The molecule has 0 aromatic heterocycles. The number of ether oxygens (including phenoxy) is 1. The van der Waals surface area contributed by atoms with Crippen molar-refractivity contribution in [2.75, 3.05) is 18.6 Å². The molecule has 7 heteroatoms. The summed E-state index contributed by atoms with van der Waals surface area (Å²) in [7, 11) is 1.27. The Hall–Kier alpha value is -2.57. The quantitative estimate of drug-likeness (QED) is 0.809. The Labute approximate surface area is 135 Å². The lowest BCUT2D eigenvalue weighted by Gasteiger charge is -2.15. The summed E-state index contributed by atoms with van der Waals surface area (Å²) in [5.74, 6) is -0.465. The Morgan fingerprint density at radius 3 is 2.74 bits per heavy atom. The minimum atomic E-state index is -0.704. The summed E-state index contributed by atoms with van der Waals surface area (Å²) >= 11 is 0. The van der Waals surface area contributed by atoms with E-state index in [1.807, 2.05) is 18.2 Å². The molecule has 2 N–H and O–H groups in total. The minimum Gasteiger partial charge on any atom is -0.467 e. The molecule has 0 saturated carbocycles. The fourth-order valence-electron chi connectivity index (χ4n) is 2.56. The average Bonchev–Trinajstić information content (AvgIpc) is 2.95. The van der Waals surface area contributed by atoms with Crippen LogP contribution in [0.15, 0.2) is 18.2 Å². The van der Waals surface area contributed by atoms with Gasteiger partial charge in [-0.2, -0.15) is 0 Å². The monoisotopic (exact) mass is 319 g/mol. The van der Waals surface area contributed by atoms with Crippen LogP contribution in [-0.4, -0.2) is 37.6 Å². The number of methoxy groups -OCH3 is 1. The molecule has 7 nitrogen and oxygen atoms in total. The van der Waals surface area contributed by atoms with Crippen LogP contribution in [0.5, 0.6) is 0 Å². The molecule has 0 aliphatic carbocycles. The van der Waals surface area contributed by atoms with Crippen molar-refractivity contribution in [3.8, 4) is 0 Å². The summed E-state index contributed by atoms with van der Waals surface area (Å²) in [6.07, 6.45) is 0.814. The van der Waals surface area contributed by atoms with Crippen molar-refractivity contribution in [3.63, 3.8) is 0 Å². The van der Waals surface area contributed by atoms with Crippen LogP contribution in [0.3, 0.4) is 0 Å². The van der Waals surface area contributed by atoms with Crippen LogP contribution in [0, 0.1) is 0 Å². The normalized spacial score (nSPS) is 14.0. The molecule has 0 unspecified atom stereocenters. The van der Waals surface area contributed by atoms with Gasteiger partial charge in [0.25, 0.3) is 0 Å². The Bertz CT molecular complexity index is 630. The Morgan fingerprint density at radius 1 is 1.35 bits per heavy atom. The van der Waals surface area contributed by atoms with Gasteiger partial charge in [0.1, 0.15) is 6.04 Å². The second-order valence-corrected chi connectivity index (χ2v) is 5.46. The number of nitrogens with one attached hydrogen (secondary N) is 2. The smallest absolute Gasteiger partial charge is 0.328 e. The van der Waals surface area contributed by atoms with E-state index in [0.29, 0.717) is 13.1 Å². The van der Waals surface area contributed by atoms with E-state index in [2.05, 4.69) is 15.4 Å². The molecule has 0 fully saturated rings. The first-order valence-corrected chi connectivity index (χ1v) is 7.44. The first-order chi connectivity index (χ1) is 10.9. The van der Waals surface area contributed by atoms with E-state index in [1.165, 1.54) is 7.11 Å². The number of carbonyl (C=O) groups is 3. The van der Waals surface area contributed by atoms with E-state index in [1.54, 1.807) is 18.7 Å². The second-order valence-electron chi connectivity index (χ2n) is 5.46. The molecular weight excluding hydrogens is 298 g/mol. The van der Waals surface area contributed by atoms with E-state index in [0.717, 1.165) is 23.2 Å². The third-order valence-corrected chi connectivity index (χ3v) is 3.77. The fourth-order valence-corrected chi connectivity index (χ4v) is 2.56. The minimum absolute atomic E-state index is 0.0331. The van der Waals surface area contributed by atoms with Gasteiger partial charge < -0.3 is 20.3 Å². The van der Waals surface area contributed by atoms with Crippen molar-refractivity contribution >= 4 is 23.6 Å². The lowest BCUT2D eigenvalue weighted by molar-refractivity contribution is -0.142. The van der Waals surface area contributed by atoms with E-state index >= 15 is 0 Å². The number of hydrogen-bond donors (Lipinski definition) is 2. The average molecular weight is 319 g/mol. The lowest BCUT2D eigenvalue weighted by atomic mass is 10.1. The summed E-state index contributed by atoms with van der Waals surface area (Å²) in [5, 5.41) is 5.19. The molecule has 1 aliphatic rings. The number of esters is 1. The largest absolute Gasteiger partial charge is 0.467 e. The van der Waals surface area contributed by atoms with E-state index in [4.69, 9.17) is 0 Å². The van der Waals surface area contributed by atoms with Crippen molar-refractivity contribution in [2.24, 2.45) is 0 Å². The third-order valence-electron chi connectivity index (χ3n) is 3.77. The van der Waals surface area contributed by atoms with Gasteiger partial charge in [0, 0.05) is 25.7 Å². The molecule has 1 heterocycles. The molecule has 0 saturated heterocycles. The molecule has 1 aliphatic heterocycles. The SMILES string of the molecule is COC(=O)[C@H](C)NC(=O)NCc1ccc2c(c1)CCN2C(C)=O. The second kappa shape index (κ2) is 7.13. The van der Waals surface area contributed by atoms with Gasteiger partial charge >= 0.3 is 12.0 Å². The zero-order chi connectivity index (χ0) is 17.0. The van der Waals surface area contributed by atoms with E-state index in [9.17, 15) is 14.4 Å². The fraction of sp³-hybridized carbons (Fsp3) is 0.438. The molecule has 0 radical (unpaired) electrons. The van der Waals surface area contributed by atoms with Gasteiger partial charge in [-0.05, 0) is 30.5 Å². The summed E-state index contributed by atoms with van der Waals surface area (Å²) in [6.45, 7) is 4.14. The van der Waals surface area contributed by atoms with Gasteiger partial charge in [-0.25, -0.2) is 9.59 Å². The predicted octanol–water partition coefficient (Wildman–Crippen LogP) is 0.956. The van der Waals surface area contributed by atoms with Gasteiger partial charge in [0.2, 0.25) is 5.91 Å². The molecular formula is C16H21N3O4. The van der Waals surface area contributed by atoms with Crippen LogP contribution in [0.4, 0.5) is 10.5 Å². The number of anilines is 1. The summed E-state index contributed by atoms with van der Waals surface area (Å²) < 4.78 is 4.54. The van der Waals surface area contributed by atoms with Gasteiger partial charge in [-0.3, -0.25) is 4.79 Å². The van der Waals surface area contributed by atoms with Crippen molar-refractivity contribution in [1.82, 2.24) is 10.6 Å². The highest BCUT2D eigenvalue weighted by Crippen LogP contribution is 2.28. The maximum absolute atomic E-state index is 11.7. The van der Waals surface area contributed by atoms with Gasteiger partial charge in [0.15, 0.2) is 0 Å². The molecule has 3 amide bonds. The van der Waals surface area contributed by atoms with Crippen LogP contribution < -0.4 is 15.5 Å². The maximum Gasteiger partial charge on any atom is 0.328 e. The Balaban J connectivity index is 1.91. The van der Waals surface area contributed by atoms with E-state index in [-0.39, 0.29) is 5.91 Å². The van der Waals surface area contributed by atoms with Crippen LogP contribution in [0.2, 0.25) is 0 Å². The summed E-state index contributed by atoms with van der Waals surface area (Å²) in [5.41, 5.74) is 2.97. The standard InChI is InChI=1S/C16H21N3O4/c1-10(15(21)23-3)18-16(22)17-9-12-4-5-14-13(8-12)6-7-19(14)11(2)20/h4-5,8,10H,6-7,9H2,1-3H3,(H2,17,18,22)/t10-/m0/s1. The summed E-state index contributed by atoms with van der Waals surface area (Å²) in [4.78, 5) is 36.2. The van der Waals surface area contributed by atoms with Gasteiger partial charge in [-0.1, -0.05) is 12.1 Å². The number of nitrogens with zero attached hydrogens (tertiary/aromatic N) is 1. The molecule has 0 spiro atoms. The molecule has 1 atom stereocenters. The van der Waals surface area contributed by atoms with Crippen molar-refractivity contribution < 1.29 is 19.1 Å². The highest BCUT2D eigenvalue weighted by atomic mass is 16.5. The molecule has 124 valence electrons. The topological polar surface area (TPSA) is 87.7 Å². The number of carbonyl (C=O) groups excluding carboxylic acids is 3. The van der Waals surface area contributed by atoms with Gasteiger partial charge in [0.05, 0.1) is 7.11 Å². The van der Waals surface area contributed by atoms with Crippen molar-refractivity contribution in [1.29, 1.82) is 0 Å². The first kappa shape index (κ1) is 16.8. The summed E-state index contributed by atoms with van der Waals surface area (Å²) in [6, 6.07) is 4.63.